The van der Waals surface area contributed by atoms with Gasteiger partial charge in [0.1, 0.15) is 0 Å². The Balaban J connectivity index is 1.33. The van der Waals surface area contributed by atoms with Crippen LogP contribution in [0.25, 0.3) is 77.2 Å². The Hall–Kier alpha value is -5.60. The Morgan fingerprint density at radius 2 is 0.833 bits per heavy atom. The van der Waals surface area contributed by atoms with Crippen LogP contribution < -0.4 is 0 Å². The minimum absolute atomic E-state index is 0.879. The van der Waals surface area contributed by atoms with Gasteiger partial charge in [-0.15, -0.1) is 0 Å². The van der Waals surface area contributed by atoms with E-state index in [1.54, 1.807) is 0 Å². The second-order valence-corrected chi connectivity index (χ2v) is 10.6. The second kappa shape index (κ2) is 10.1. The van der Waals surface area contributed by atoms with E-state index >= 15 is 0 Å². The first kappa shape index (κ1) is 24.2. The standard InChI is InChI=1S/C40H26N2/c1-3-11-29(12-4-1)39-32-15-7-8-16-33(32)40(30-13-5-2-6-14-30)35-25-31(23-24-34(35)39)27-19-21-28(22-20-27)38-26-41-36-17-9-10-18-37(36)42-38/h1-26H. The van der Waals surface area contributed by atoms with E-state index in [0.717, 1.165) is 22.3 Å². The van der Waals surface area contributed by atoms with Gasteiger partial charge in [-0.3, -0.25) is 4.98 Å². The van der Waals surface area contributed by atoms with E-state index in [9.17, 15) is 0 Å². The topological polar surface area (TPSA) is 25.8 Å². The number of aromatic nitrogens is 2. The Kier molecular flexibility index (Phi) is 5.82. The molecule has 0 bridgehead atoms. The maximum Gasteiger partial charge on any atom is 0.0894 e. The number of para-hydroxylation sites is 2. The molecular weight excluding hydrogens is 508 g/mol. The van der Waals surface area contributed by atoms with Gasteiger partial charge in [-0.2, -0.15) is 0 Å². The molecule has 0 atom stereocenters. The van der Waals surface area contributed by atoms with Crippen molar-refractivity contribution >= 4 is 32.6 Å². The average molecular weight is 535 g/mol. The highest BCUT2D eigenvalue weighted by Gasteiger charge is 2.17. The summed E-state index contributed by atoms with van der Waals surface area (Å²) >= 11 is 0. The van der Waals surface area contributed by atoms with Gasteiger partial charge in [0.25, 0.3) is 0 Å². The summed E-state index contributed by atoms with van der Waals surface area (Å²) in [6, 6.07) is 53.9. The van der Waals surface area contributed by atoms with Crippen LogP contribution in [0.3, 0.4) is 0 Å². The number of hydrogen-bond acceptors (Lipinski definition) is 2. The van der Waals surface area contributed by atoms with Crippen molar-refractivity contribution in [3.63, 3.8) is 0 Å². The van der Waals surface area contributed by atoms with Gasteiger partial charge in [0, 0.05) is 5.56 Å². The Morgan fingerprint density at radius 1 is 0.333 bits per heavy atom. The van der Waals surface area contributed by atoms with E-state index in [1.807, 2.05) is 30.5 Å². The van der Waals surface area contributed by atoms with E-state index in [-0.39, 0.29) is 0 Å². The smallest absolute Gasteiger partial charge is 0.0894 e. The predicted octanol–water partition coefficient (Wildman–Crippen LogP) is 10.6. The molecule has 1 heterocycles. The van der Waals surface area contributed by atoms with Gasteiger partial charge in [0.05, 0.1) is 22.9 Å². The highest BCUT2D eigenvalue weighted by atomic mass is 14.8. The fourth-order valence-electron chi connectivity index (χ4n) is 6.12. The molecule has 0 amide bonds. The number of rotatable bonds is 4. The van der Waals surface area contributed by atoms with Gasteiger partial charge in [0.15, 0.2) is 0 Å². The first-order valence-electron chi connectivity index (χ1n) is 14.3. The van der Waals surface area contributed by atoms with Crippen LogP contribution in [0.2, 0.25) is 0 Å². The van der Waals surface area contributed by atoms with Gasteiger partial charge in [-0.25, -0.2) is 4.98 Å². The first-order valence-corrected chi connectivity index (χ1v) is 14.3. The zero-order valence-corrected chi connectivity index (χ0v) is 22.9. The average Bonchev–Trinajstić information content (AvgIpc) is 3.07. The van der Waals surface area contributed by atoms with E-state index in [4.69, 9.17) is 4.98 Å². The summed E-state index contributed by atoms with van der Waals surface area (Å²) in [4.78, 5) is 9.45. The Bertz CT molecular complexity index is 2220. The second-order valence-electron chi connectivity index (χ2n) is 10.6. The molecule has 0 aliphatic heterocycles. The molecule has 0 radical (unpaired) electrons. The van der Waals surface area contributed by atoms with Gasteiger partial charge in [-0.05, 0) is 73.1 Å². The summed E-state index contributed by atoms with van der Waals surface area (Å²) in [5.41, 5.74) is 11.1. The van der Waals surface area contributed by atoms with Crippen LogP contribution in [0.15, 0.2) is 158 Å². The summed E-state index contributed by atoms with van der Waals surface area (Å²) in [6.07, 6.45) is 1.86. The molecule has 0 aliphatic carbocycles. The lowest BCUT2D eigenvalue weighted by atomic mass is 9.85. The van der Waals surface area contributed by atoms with Crippen molar-refractivity contribution < 1.29 is 0 Å². The van der Waals surface area contributed by atoms with Crippen molar-refractivity contribution in [2.75, 3.05) is 0 Å². The molecule has 0 aliphatic rings. The maximum absolute atomic E-state index is 4.84. The third-order valence-electron chi connectivity index (χ3n) is 8.11. The lowest BCUT2D eigenvalue weighted by Crippen LogP contribution is -1.92. The Labute approximate surface area is 244 Å². The number of hydrogen-bond donors (Lipinski definition) is 0. The molecule has 0 spiro atoms. The van der Waals surface area contributed by atoms with Crippen molar-refractivity contribution in [2.45, 2.75) is 0 Å². The molecule has 0 saturated heterocycles. The normalized spacial score (nSPS) is 11.3. The van der Waals surface area contributed by atoms with Crippen molar-refractivity contribution in [3.8, 4) is 44.6 Å². The maximum atomic E-state index is 4.84. The molecule has 0 fully saturated rings. The fraction of sp³-hybridized carbons (Fsp3) is 0. The minimum Gasteiger partial charge on any atom is -0.252 e. The SMILES string of the molecule is c1ccc(-c2c3ccccc3c(-c3ccccc3)c3cc(-c4ccc(-c5cnc6ccccc6n5)cc4)ccc23)cc1. The first-order chi connectivity index (χ1) is 20.8. The molecule has 0 saturated carbocycles. The van der Waals surface area contributed by atoms with Gasteiger partial charge in [0.2, 0.25) is 0 Å². The van der Waals surface area contributed by atoms with Crippen molar-refractivity contribution in [2.24, 2.45) is 0 Å². The zero-order valence-electron chi connectivity index (χ0n) is 22.9. The van der Waals surface area contributed by atoms with Crippen LogP contribution in [0.4, 0.5) is 0 Å². The molecule has 1 aromatic heterocycles. The summed E-state index contributed by atoms with van der Waals surface area (Å²) in [7, 11) is 0. The monoisotopic (exact) mass is 534 g/mol. The van der Waals surface area contributed by atoms with E-state index in [1.165, 1.54) is 54.9 Å². The highest BCUT2D eigenvalue weighted by Crippen LogP contribution is 2.44. The van der Waals surface area contributed by atoms with Crippen molar-refractivity contribution in [3.05, 3.63) is 158 Å². The van der Waals surface area contributed by atoms with Crippen LogP contribution >= 0.6 is 0 Å². The summed E-state index contributed by atoms with van der Waals surface area (Å²) in [5, 5.41) is 5.03. The third kappa shape index (κ3) is 4.13. The lowest BCUT2D eigenvalue weighted by Gasteiger charge is -2.18. The van der Waals surface area contributed by atoms with Crippen LogP contribution in [0.1, 0.15) is 0 Å². The third-order valence-corrected chi connectivity index (χ3v) is 8.11. The van der Waals surface area contributed by atoms with Crippen LogP contribution in [-0.4, -0.2) is 9.97 Å². The van der Waals surface area contributed by atoms with Crippen LogP contribution in [0.5, 0.6) is 0 Å². The Morgan fingerprint density at radius 3 is 1.50 bits per heavy atom. The van der Waals surface area contributed by atoms with Gasteiger partial charge < -0.3 is 0 Å². The summed E-state index contributed by atoms with van der Waals surface area (Å²) in [6.45, 7) is 0. The molecule has 0 N–H and O–H groups in total. The summed E-state index contributed by atoms with van der Waals surface area (Å²) < 4.78 is 0. The van der Waals surface area contributed by atoms with Gasteiger partial charge >= 0.3 is 0 Å². The molecular formula is C40H26N2. The minimum atomic E-state index is 0.879. The number of benzene rings is 7. The molecule has 7 aromatic carbocycles. The molecule has 2 heteroatoms. The predicted molar refractivity (Wildman–Crippen MR) is 176 cm³/mol. The molecule has 2 nitrogen and oxygen atoms in total. The lowest BCUT2D eigenvalue weighted by molar-refractivity contribution is 1.29. The van der Waals surface area contributed by atoms with Crippen LogP contribution in [-0.2, 0) is 0 Å². The van der Waals surface area contributed by atoms with Crippen LogP contribution in [0, 0.1) is 0 Å². The van der Waals surface area contributed by atoms with Gasteiger partial charge in [-0.1, -0.05) is 133 Å². The molecule has 196 valence electrons. The number of nitrogens with zero attached hydrogens (tertiary/aromatic N) is 2. The highest BCUT2D eigenvalue weighted by molar-refractivity contribution is 6.21. The molecule has 8 aromatic rings. The molecule has 0 unspecified atom stereocenters. The quantitative estimate of drug-likeness (QED) is 0.210. The van der Waals surface area contributed by atoms with E-state index < -0.39 is 0 Å². The van der Waals surface area contributed by atoms with E-state index in [2.05, 4.69) is 132 Å². The molecule has 42 heavy (non-hydrogen) atoms. The fourth-order valence-corrected chi connectivity index (χ4v) is 6.12. The molecule has 8 rings (SSSR count). The summed E-state index contributed by atoms with van der Waals surface area (Å²) in [5.74, 6) is 0. The van der Waals surface area contributed by atoms with E-state index in [0.29, 0.717) is 0 Å². The number of fused-ring (bicyclic) bond motifs is 3. The van der Waals surface area contributed by atoms with Crippen molar-refractivity contribution in [1.29, 1.82) is 0 Å². The van der Waals surface area contributed by atoms with Crippen molar-refractivity contribution in [1.82, 2.24) is 9.97 Å². The largest absolute Gasteiger partial charge is 0.252 e. The zero-order chi connectivity index (χ0) is 27.9.